The van der Waals surface area contributed by atoms with Crippen molar-refractivity contribution in [3.63, 3.8) is 0 Å². The Morgan fingerprint density at radius 1 is 1.07 bits per heavy atom. The SMILES string of the molecule is CC(C)([C@H](C#N)[N+](=O)[O-])[C@@H](C#N)[N+](=O)[O-]. The van der Waals surface area contributed by atoms with Gasteiger partial charge in [0.1, 0.15) is 17.6 Å². The van der Waals surface area contributed by atoms with E-state index in [0.29, 0.717) is 0 Å². The van der Waals surface area contributed by atoms with Crippen LogP contribution in [0.2, 0.25) is 0 Å². The monoisotopic (exact) mass is 212 g/mol. The lowest BCUT2D eigenvalue weighted by Crippen LogP contribution is -2.46. The number of nitro groups is 2. The van der Waals surface area contributed by atoms with Crippen LogP contribution in [-0.4, -0.2) is 21.9 Å². The summed E-state index contributed by atoms with van der Waals surface area (Å²) in [5.41, 5.74) is -1.64. The molecule has 80 valence electrons. The lowest BCUT2D eigenvalue weighted by Gasteiger charge is -2.22. The van der Waals surface area contributed by atoms with Gasteiger partial charge in [0.25, 0.3) is 0 Å². The second kappa shape index (κ2) is 4.33. The van der Waals surface area contributed by atoms with Crippen LogP contribution in [0.1, 0.15) is 13.8 Å². The summed E-state index contributed by atoms with van der Waals surface area (Å²) in [5, 5.41) is 38.0. The van der Waals surface area contributed by atoms with Crippen LogP contribution in [0.15, 0.2) is 0 Å². The van der Waals surface area contributed by atoms with E-state index >= 15 is 0 Å². The second-order valence-corrected chi connectivity index (χ2v) is 3.46. The van der Waals surface area contributed by atoms with E-state index in [0.717, 1.165) is 13.8 Å². The molecule has 0 N–H and O–H groups in total. The number of nitrogens with zero attached hydrogens (tertiary/aromatic N) is 4. The summed E-state index contributed by atoms with van der Waals surface area (Å²) in [6.07, 6.45) is 0. The lowest BCUT2D eigenvalue weighted by atomic mass is 9.79. The smallest absolute Gasteiger partial charge is 0.263 e. The molecule has 0 aliphatic heterocycles. The van der Waals surface area contributed by atoms with Gasteiger partial charge in [-0.3, -0.25) is 20.2 Å². The molecule has 0 saturated carbocycles. The van der Waals surface area contributed by atoms with Gasteiger partial charge in [-0.05, 0) is 13.8 Å². The molecule has 0 spiro atoms. The summed E-state index contributed by atoms with van der Waals surface area (Å²) >= 11 is 0. The van der Waals surface area contributed by atoms with Gasteiger partial charge in [0, 0.05) is 9.85 Å². The highest BCUT2D eigenvalue weighted by Gasteiger charge is 2.52. The average molecular weight is 212 g/mol. The predicted molar refractivity (Wildman–Crippen MR) is 46.6 cm³/mol. The average Bonchev–Trinajstić information content (AvgIpc) is 2.02. The van der Waals surface area contributed by atoms with Crippen LogP contribution in [0, 0.1) is 48.3 Å². The van der Waals surface area contributed by atoms with Crippen LogP contribution in [0.3, 0.4) is 0 Å². The van der Waals surface area contributed by atoms with Crippen molar-refractivity contribution < 1.29 is 9.85 Å². The normalized spacial score (nSPS) is 14.4. The second-order valence-electron chi connectivity index (χ2n) is 3.46. The minimum Gasteiger partial charge on any atom is -0.263 e. The molecule has 0 unspecified atom stereocenters. The first-order valence-electron chi connectivity index (χ1n) is 3.85. The molecule has 0 amide bonds. The van der Waals surface area contributed by atoms with Crippen LogP contribution < -0.4 is 0 Å². The molecule has 0 aromatic rings. The number of hydrogen-bond acceptors (Lipinski definition) is 6. The molecule has 0 aromatic carbocycles. The van der Waals surface area contributed by atoms with E-state index < -0.39 is 27.3 Å². The minimum atomic E-state index is -1.78. The Balaban J connectivity index is 5.29. The Bertz CT molecular complexity index is 330. The van der Waals surface area contributed by atoms with Crippen molar-refractivity contribution in [3.05, 3.63) is 20.2 Å². The van der Waals surface area contributed by atoms with E-state index in [1.165, 1.54) is 12.1 Å². The highest BCUT2D eigenvalue weighted by molar-refractivity contribution is 5.05. The molecule has 0 radical (unpaired) electrons. The van der Waals surface area contributed by atoms with Gasteiger partial charge in [-0.2, -0.15) is 10.5 Å². The molecule has 0 aromatic heterocycles. The summed E-state index contributed by atoms with van der Waals surface area (Å²) in [7, 11) is 0. The quantitative estimate of drug-likeness (QED) is 0.487. The molecular formula is C7H8N4O4. The molecule has 0 aliphatic carbocycles. The Morgan fingerprint density at radius 3 is 1.47 bits per heavy atom. The third-order valence-electron chi connectivity index (χ3n) is 2.08. The van der Waals surface area contributed by atoms with Crippen molar-refractivity contribution in [3.8, 4) is 12.1 Å². The van der Waals surface area contributed by atoms with Gasteiger partial charge in [0.2, 0.25) is 0 Å². The molecule has 8 heteroatoms. The number of nitriles is 2. The van der Waals surface area contributed by atoms with E-state index in [1.807, 2.05) is 0 Å². The molecule has 0 aliphatic rings. The van der Waals surface area contributed by atoms with Gasteiger partial charge in [0.05, 0.1) is 0 Å². The van der Waals surface area contributed by atoms with Crippen molar-refractivity contribution in [1.29, 1.82) is 10.5 Å². The Labute approximate surface area is 85.0 Å². The maximum Gasteiger partial charge on any atom is 0.309 e. The van der Waals surface area contributed by atoms with Gasteiger partial charge < -0.3 is 0 Å². The summed E-state index contributed by atoms with van der Waals surface area (Å²) in [5.74, 6) is 0. The van der Waals surface area contributed by atoms with Gasteiger partial charge in [-0.15, -0.1) is 0 Å². The largest absolute Gasteiger partial charge is 0.309 e. The van der Waals surface area contributed by atoms with Gasteiger partial charge in [0.15, 0.2) is 0 Å². The maximum absolute atomic E-state index is 10.5. The van der Waals surface area contributed by atoms with Crippen molar-refractivity contribution in [2.24, 2.45) is 5.41 Å². The van der Waals surface area contributed by atoms with Crippen LogP contribution in [-0.2, 0) is 0 Å². The van der Waals surface area contributed by atoms with Crippen molar-refractivity contribution >= 4 is 0 Å². The fourth-order valence-corrected chi connectivity index (χ4v) is 1.12. The zero-order valence-corrected chi connectivity index (χ0v) is 8.08. The molecular weight excluding hydrogens is 204 g/mol. The molecule has 0 rings (SSSR count). The van der Waals surface area contributed by atoms with Gasteiger partial charge in [-0.1, -0.05) is 0 Å². The molecule has 0 saturated heterocycles. The summed E-state index contributed by atoms with van der Waals surface area (Å²) in [4.78, 5) is 19.1. The zero-order valence-electron chi connectivity index (χ0n) is 8.08. The van der Waals surface area contributed by atoms with E-state index in [-0.39, 0.29) is 0 Å². The summed E-state index contributed by atoms with van der Waals surface area (Å²) < 4.78 is 0. The highest BCUT2D eigenvalue weighted by Crippen LogP contribution is 2.28. The van der Waals surface area contributed by atoms with E-state index in [1.54, 1.807) is 0 Å². The molecule has 8 nitrogen and oxygen atoms in total. The first-order chi connectivity index (χ1) is 6.78. The molecule has 0 bridgehead atoms. The van der Waals surface area contributed by atoms with Crippen molar-refractivity contribution in [1.82, 2.24) is 0 Å². The molecule has 0 heterocycles. The van der Waals surface area contributed by atoms with E-state index in [9.17, 15) is 20.2 Å². The van der Waals surface area contributed by atoms with Gasteiger partial charge >= 0.3 is 12.1 Å². The summed E-state index contributed by atoms with van der Waals surface area (Å²) in [6, 6.07) is -0.856. The van der Waals surface area contributed by atoms with Gasteiger partial charge in [-0.25, -0.2) is 0 Å². The zero-order chi connectivity index (χ0) is 12.2. The third-order valence-corrected chi connectivity index (χ3v) is 2.08. The third kappa shape index (κ3) is 2.38. The lowest BCUT2D eigenvalue weighted by molar-refractivity contribution is -0.570. The first kappa shape index (κ1) is 12.8. The first-order valence-corrected chi connectivity index (χ1v) is 3.85. The standard InChI is InChI=1S/C7H8N4O4/c1-7(2,5(3-8)10(12)13)6(4-9)11(14)15/h5-6H,1-2H3/t5-,6+. The molecule has 15 heavy (non-hydrogen) atoms. The Morgan fingerprint density at radius 2 is 1.33 bits per heavy atom. The van der Waals surface area contributed by atoms with Crippen LogP contribution >= 0.6 is 0 Å². The molecule has 2 atom stereocenters. The summed E-state index contributed by atoms with van der Waals surface area (Å²) in [6.45, 7) is 2.31. The fraction of sp³-hybridized carbons (Fsp3) is 0.714. The highest BCUT2D eigenvalue weighted by atomic mass is 16.6. The minimum absolute atomic E-state index is 0.923. The van der Waals surface area contributed by atoms with Crippen LogP contribution in [0.5, 0.6) is 0 Å². The fourth-order valence-electron chi connectivity index (χ4n) is 1.12. The maximum atomic E-state index is 10.5. The number of rotatable bonds is 4. The Hall–Kier alpha value is -2.22. The van der Waals surface area contributed by atoms with E-state index in [4.69, 9.17) is 10.5 Å². The van der Waals surface area contributed by atoms with Crippen LogP contribution in [0.4, 0.5) is 0 Å². The number of hydrogen-bond donors (Lipinski definition) is 0. The van der Waals surface area contributed by atoms with Crippen molar-refractivity contribution in [2.45, 2.75) is 25.9 Å². The molecule has 0 fully saturated rings. The van der Waals surface area contributed by atoms with Crippen molar-refractivity contribution in [2.75, 3.05) is 0 Å². The Kier molecular flexibility index (Phi) is 3.69. The van der Waals surface area contributed by atoms with E-state index in [2.05, 4.69) is 0 Å². The topological polar surface area (TPSA) is 134 Å². The van der Waals surface area contributed by atoms with Crippen LogP contribution in [0.25, 0.3) is 0 Å². The predicted octanol–water partition coefficient (Wildman–Crippen LogP) is 0.350.